The third-order valence-corrected chi connectivity index (χ3v) is 9.66. The molecule has 3 aromatic heterocycles. The van der Waals surface area contributed by atoms with Gasteiger partial charge in [-0.2, -0.15) is 13.2 Å². The highest BCUT2D eigenvalue weighted by atomic mass is 32.1. The molecule has 0 aromatic carbocycles. The van der Waals surface area contributed by atoms with Crippen LogP contribution in [0.5, 0.6) is 0 Å². The van der Waals surface area contributed by atoms with Gasteiger partial charge in [-0.25, -0.2) is 13.8 Å². The lowest BCUT2D eigenvalue weighted by Gasteiger charge is -2.21. The van der Waals surface area contributed by atoms with E-state index in [4.69, 9.17) is 0 Å². The Kier molecular flexibility index (Phi) is 6.25. The Labute approximate surface area is 235 Å². The summed E-state index contributed by atoms with van der Waals surface area (Å²) in [6.45, 7) is 4.98. The van der Waals surface area contributed by atoms with Crippen molar-refractivity contribution in [3.8, 4) is 11.3 Å². The Morgan fingerprint density at radius 2 is 1.85 bits per heavy atom. The second-order valence-corrected chi connectivity index (χ2v) is 12.6. The number of amides is 3. The number of pyridine rings is 2. The minimum absolute atomic E-state index is 0.00480. The number of nitrogens with zero attached hydrogens (tertiary/aromatic N) is 4. The number of likely N-dealkylation sites (tertiary alicyclic amines) is 2. The van der Waals surface area contributed by atoms with E-state index in [1.165, 1.54) is 29.0 Å². The number of piperidine rings is 1. The lowest BCUT2D eigenvalue weighted by atomic mass is 9.99. The van der Waals surface area contributed by atoms with Crippen molar-refractivity contribution in [2.45, 2.75) is 46.3 Å². The molecule has 3 aliphatic rings. The fourth-order valence-corrected chi connectivity index (χ4v) is 7.30. The molecule has 0 N–H and O–H groups in total. The summed E-state index contributed by atoms with van der Waals surface area (Å²) in [7, 11) is 0. The number of rotatable bonds is 5. The minimum Gasteiger partial charge on any atom is -0.338 e. The molecule has 1 aliphatic carbocycles. The summed E-state index contributed by atoms with van der Waals surface area (Å²) in [5.41, 5.74) is -1.23. The van der Waals surface area contributed by atoms with Crippen LogP contribution in [0.15, 0.2) is 24.4 Å². The third-order valence-electron chi connectivity index (χ3n) is 8.51. The maximum atomic E-state index is 13.8. The number of alkyl halides is 5. The number of fused-ring (bicyclic) bond motifs is 2. The smallest absolute Gasteiger partial charge is 0.338 e. The van der Waals surface area contributed by atoms with E-state index in [0.717, 1.165) is 17.4 Å². The summed E-state index contributed by atoms with van der Waals surface area (Å²) in [6.07, 6.45) is -5.94. The topological polar surface area (TPSA) is 83.5 Å². The van der Waals surface area contributed by atoms with Gasteiger partial charge in [-0.05, 0) is 42.5 Å². The van der Waals surface area contributed by atoms with E-state index >= 15 is 0 Å². The first-order valence-electron chi connectivity index (χ1n) is 13.1. The summed E-state index contributed by atoms with van der Waals surface area (Å²) in [5.74, 6) is -2.86. The predicted octanol–water partition coefficient (Wildman–Crippen LogP) is 5.55. The maximum Gasteiger partial charge on any atom is 0.433 e. The van der Waals surface area contributed by atoms with Gasteiger partial charge in [-0.3, -0.25) is 24.3 Å². The van der Waals surface area contributed by atoms with Crippen molar-refractivity contribution in [3.05, 3.63) is 46.1 Å². The molecule has 3 amide bonds. The van der Waals surface area contributed by atoms with Gasteiger partial charge in [0.1, 0.15) is 5.69 Å². The maximum absolute atomic E-state index is 13.8. The first-order valence-corrected chi connectivity index (χ1v) is 13.9. The molecule has 7 nitrogen and oxygen atoms in total. The van der Waals surface area contributed by atoms with Crippen LogP contribution in [0.1, 0.15) is 46.8 Å². The fraction of sp³-hybridized carbons (Fsp3) is 0.464. The SMILES string of the molecule is Cc1cc(C(F)(F)F)nc(-c2ccnc3cc(CN4C(=O)C5C(C4=O)C5(C)C)sc23)c1C(=O)N1CC[C@H](C(F)F)C1. The van der Waals surface area contributed by atoms with Gasteiger partial charge in [0, 0.05) is 35.6 Å². The molecule has 3 aromatic rings. The molecule has 5 heterocycles. The number of halogens is 5. The number of hydrogen-bond donors (Lipinski definition) is 0. The third kappa shape index (κ3) is 4.39. The number of imide groups is 1. The van der Waals surface area contributed by atoms with E-state index < -0.39 is 30.1 Å². The van der Waals surface area contributed by atoms with Gasteiger partial charge in [0.2, 0.25) is 18.2 Å². The Hall–Kier alpha value is -3.48. The van der Waals surface area contributed by atoms with Crippen LogP contribution in [-0.2, 0) is 22.3 Å². The molecule has 2 unspecified atom stereocenters. The average Bonchev–Trinajstić information content (AvgIpc) is 3.33. The molecule has 0 radical (unpaired) electrons. The van der Waals surface area contributed by atoms with Crippen LogP contribution in [-0.4, -0.2) is 57.0 Å². The van der Waals surface area contributed by atoms with E-state index in [1.807, 2.05) is 13.8 Å². The second kappa shape index (κ2) is 9.27. The highest BCUT2D eigenvalue weighted by Gasteiger charge is 2.72. The van der Waals surface area contributed by atoms with Crippen molar-refractivity contribution in [1.82, 2.24) is 19.8 Å². The molecule has 216 valence electrons. The van der Waals surface area contributed by atoms with Crippen LogP contribution in [0.4, 0.5) is 22.0 Å². The van der Waals surface area contributed by atoms with Crippen molar-refractivity contribution in [2.75, 3.05) is 13.1 Å². The summed E-state index contributed by atoms with van der Waals surface area (Å²) in [5, 5.41) is 0. The van der Waals surface area contributed by atoms with E-state index in [-0.39, 0.29) is 77.5 Å². The second-order valence-electron chi connectivity index (χ2n) is 11.5. The molecule has 2 saturated heterocycles. The molecule has 3 fully saturated rings. The zero-order chi connectivity index (χ0) is 29.6. The van der Waals surface area contributed by atoms with Gasteiger partial charge in [0.25, 0.3) is 5.91 Å². The van der Waals surface area contributed by atoms with E-state index in [0.29, 0.717) is 15.1 Å². The molecule has 13 heteroatoms. The molecule has 2 aliphatic heterocycles. The normalized spacial score (nSPS) is 23.7. The van der Waals surface area contributed by atoms with E-state index in [9.17, 15) is 36.3 Å². The summed E-state index contributed by atoms with van der Waals surface area (Å²) in [6, 6.07) is 3.90. The van der Waals surface area contributed by atoms with E-state index in [2.05, 4.69) is 9.97 Å². The van der Waals surface area contributed by atoms with Gasteiger partial charge in [-0.1, -0.05) is 13.8 Å². The molecular formula is C28H25F5N4O3S. The summed E-state index contributed by atoms with van der Waals surface area (Å²) in [4.78, 5) is 50.5. The van der Waals surface area contributed by atoms with Crippen molar-refractivity contribution in [1.29, 1.82) is 0 Å². The van der Waals surface area contributed by atoms with Gasteiger partial charge in [0.05, 0.1) is 39.9 Å². The van der Waals surface area contributed by atoms with Crippen LogP contribution in [0.3, 0.4) is 0 Å². The Morgan fingerprint density at radius 3 is 2.46 bits per heavy atom. The number of thiophene rings is 1. The number of carbonyl (C=O) groups excluding carboxylic acids is 3. The van der Waals surface area contributed by atoms with Gasteiger partial charge >= 0.3 is 6.18 Å². The molecule has 41 heavy (non-hydrogen) atoms. The summed E-state index contributed by atoms with van der Waals surface area (Å²) >= 11 is 1.15. The molecule has 3 atom stereocenters. The monoisotopic (exact) mass is 592 g/mol. The summed E-state index contributed by atoms with van der Waals surface area (Å²) < 4.78 is 68.5. The number of aromatic nitrogens is 2. The number of aryl methyl sites for hydroxylation is 1. The molecule has 0 bridgehead atoms. The predicted molar refractivity (Wildman–Crippen MR) is 139 cm³/mol. The molecule has 1 saturated carbocycles. The molecule has 6 rings (SSSR count). The quantitative estimate of drug-likeness (QED) is 0.287. The average molecular weight is 593 g/mol. The fourth-order valence-electron chi connectivity index (χ4n) is 6.19. The van der Waals surface area contributed by atoms with Crippen LogP contribution in [0.2, 0.25) is 0 Å². The minimum atomic E-state index is -4.80. The zero-order valence-corrected chi connectivity index (χ0v) is 23.1. The van der Waals surface area contributed by atoms with Gasteiger partial charge < -0.3 is 4.90 Å². The van der Waals surface area contributed by atoms with Crippen LogP contribution in [0, 0.1) is 30.1 Å². The van der Waals surface area contributed by atoms with E-state index in [1.54, 1.807) is 6.07 Å². The highest BCUT2D eigenvalue weighted by Crippen LogP contribution is 2.63. The van der Waals surface area contributed by atoms with Crippen molar-refractivity contribution < 1.29 is 36.3 Å². The Balaban J connectivity index is 1.41. The van der Waals surface area contributed by atoms with Gasteiger partial charge in [0.15, 0.2) is 0 Å². The van der Waals surface area contributed by atoms with Crippen LogP contribution in [0.25, 0.3) is 21.5 Å². The molecular weight excluding hydrogens is 567 g/mol. The lowest BCUT2D eigenvalue weighted by Crippen LogP contribution is -2.35. The number of hydrogen-bond acceptors (Lipinski definition) is 6. The Bertz CT molecular complexity index is 1590. The largest absolute Gasteiger partial charge is 0.433 e. The van der Waals surface area contributed by atoms with Crippen LogP contribution >= 0.6 is 11.3 Å². The lowest BCUT2D eigenvalue weighted by molar-refractivity contribution is -0.144. The van der Waals surface area contributed by atoms with Gasteiger partial charge in [-0.15, -0.1) is 11.3 Å². The first-order chi connectivity index (χ1) is 19.2. The Morgan fingerprint density at radius 1 is 1.17 bits per heavy atom. The highest BCUT2D eigenvalue weighted by molar-refractivity contribution is 7.19. The van der Waals surface area contributed by atoms with Crippen molar-refractivity contribution >= 4 is 39.3 Å². The zero-order valence-electron chi connectivity index (χ0n) is 22.3. The van der Waals surface area contributed by atoms with Crippen LogP contribution < -0.4 is 0 Å². The number of carbonyl (C=O) groups is 3. The standard InChI is InChI=1S/C28H25F5N4O3S/c1-12-8-17(28(31,32)33)35-21(18(12)24(38)36-7-5-13(10-36)23(29)30)15-4-6-34-16-9-14(41-22(15)16)11-37-25(39)19-20(26(37)40)27(19,2)3/h4,6,8-9,13,19-20,23H,5,7,10-11H2,1-3H3/t13-,19?,20?/m0/s1. The molecule has 0 spiro atoms. The van der Waals surface area contributed by atoms with Crippen molar-refractivity contribution in [2.24, 2.45) is 23.2 Å². The first kappa shape index (κ1) is 27.7. The van der Waals surface area contributed by atoms with Crippen molar-refractivity contribution in [3.63, 3.8) is 0 Å².